The Kier molecular flexibility index (Phi) is 33.8. The number of aliphatic hydroxyl groups is 3. The molecule has 8 rings (SSSR count). The maximum Gasteiger partial charge on any atom is 0.328 e. The average Bonchev–Trinajstić information content (AvgIpc) is 0.909. The number of hydrogen-bond acceptors (Lipinski definition) is 27. The molecule has 1 fully saturated rings. The Hall–Kier alpha value is -12.5. The molecular weight excluding hydrogens is 1610 g/mol. The van der Waals surface area contributed by atoms with Crippen LogP contribution in [0.4, 0.5) is 0 Å². The van der Waals surface area contributed by atoms with Crippen LogP contribution in [0.3, 0.4) is 0 Å². The molecule has 15 atom stereocenters. The fourth-order valence-electron chi connectivity index (χ4n) is 14.2. The van der Waals surface area contributed by atoms with Crippen LogP contribution in [0.2, 0.25) is 0 Å². The maximum absolute atomic E-state index is 14.4. The zero-order valence-electron chi connectivity index (χ0n) is 69.8. The number of aromatic hydroxyl groups is 3. The summed E-state index contributed by atoms with van der Waals surface area (Å²) in [7, 11) is 1.29. The highest BCUT2D eigenvalue weighted by Gasteiger charge is 2.50. The molecule has 1 aliphatic heterocycles. The number of aromatic nitrogens is 2. The number of oxime groups is 1. The first-order valence-corrected chi connectivity index (χ1v) is 40.0. The number of imidazole rings is 1. The maximum atomic E-state index is 14.4. The molecule has 123 heavy (non-hydrogen) atoms. The van der Waals surface area contributed by atoms with E-state index in [4.69, 9.17) is 24.8 Å². The summed E-state index contributed by atoms with van der Waals surface area (Å²) >= 11 is 0. The molecule has 5 aromatic rings. The summed E-state index contributed by atoms with van der Waals surface area (Å²) < 4.78 is 17.7. The number of methoxy groups -OCH3 is 1. The number of ketones is 2. The lowest BCUT2D eigenvalue weighted by molar-refractivity contribution is -0.245. The minimum absolute atomic E-state index is 0.00661. The molecule has 666 valence electrons. The number of H-pyrrole nitrogens is 1. The topological polar surface area (TPSA) is 617 Å². The van der Waals surface area contributed by atoms with Crippen molar-refractivity contribution < 1.29 is 122 Å². The van der Waals surface area contributed by atoms with Crippen LogP contribution in [-0.2, 0) is 97.5 Å². The predicted octanol–water partition coefficient (Wildman–Crippen LogP) is -1.55. The van der Waals surface area contributed by atoms with E-state index in [1.54, 1.807) is 78.8 Å². The smallest absolute Gasteiger partial charge is 0.328 e. The molecule has 0 spiro atoms. The van der Waals surface area contributed by atoms with Crippen molar-refractivity contribution in [1.82, 2.24) is 68.5 Å². The van der Waals surface area contributed by atoms with E-state index in [1.165, 1.54) is 75.9 Å². The highest BCUT2D eigenvalue weighted by Crippen LogP contribution is 2.53. The second-order valence-corrected chi connectivity index (χ2v) is 31.8. The molecule has 1 saturated heterocycles. The van der Waals surface area contributed by atoms with Gasteiger partial charge in [0.2, 0.25) is 64.9 Å². The number of carbonyl (C=O) groups is 14. The highest BCUT2D eigenvalue weighted by atomic mass is 16.7. The first-order chi connectivity index (χ1) is 58.1. The van der Waals surface area contributed by atoms with E-state index in [-0.39, 0.29) is 89.8 Å². The fraction of sp³-hybridized carbons (Fsp3) is 0.494. The summed E-state index contributed by atoms with van der Waals surface area (Å²) in [5.41, 5.74) is 3.49. The number of fused-ring (bicyclic) bond motifs is 3. The quantitative estimate of drug-likeness (QED) is 0.0117. The lowest BCUT2D eigenvalue weighted by atomic mass is 9.72. The standard InChI is InChI=1S/C83H109N15O25/c1-38(2)24-52(77(112)88-35-61(103)96-68(40(5)6)81(116)95-56(28-47-32-85-37-89-47)80(115)94-53(25-39(3)4)76(111)87-34-60(102)91-54(27-46-20-22-48(100)23-21-46)78(113)90-41(7)75(110)97-69(42(8)99)82(117)118)93-79(114)55(26-45-16-13-12-14-17-45)92-59(101)33-86-62(104)36-121-98-44(10)83(119)30-50-65(58(31-83)123-63-29-51(84)70(105)43(9)122-63)74(109)67-66(72(50)107)71(106)49-18-15-19-57(120-11)64(49)73(67)108/h12-23,32,37-43,51-56,58,63,68-70,99-100,105,107,109,119H,24-31,33-36,84H2,1-11H3,(H,85,89)(H,86,104)(H,87,111)(H,88,112)(H,90,113)(H,91,102)(H,92,101)(H,93,114)(H,94,115)(H,95,116)(H,96,103)(H,97,110)(H,117,118)/b98-44+/t41-,42+,43-,51-,52-,53-,54-,55-,56-,58-,63-,68-,69-,70+,83-/m0/s1. The van der Waals surface area contributed by atoms with E-state index >= 15 is 0 Å². The van der Waals surface area contributed by atoms with Gasteiger partial charge in [0.1, 0.15) is 70.9 Å². The number of phenols is 3. The number of phenolic OH excluding ortho intramolecular Hbond substituents is 3. The Morgan fingerprint density at radius 3 is 1.70 bits per heavy atom. The van der Waals surface area contributed by atoms with E-state index < -0.39 is 241 Å². The van der Waals surface area contributed by atoms with Crippen LogP contribution >= 0.6 is 0 Å². The minimum atomic E-state index is -2.15. The Bertz CT molecular complexity index is 4710. The summed E-state index contributed by atoms with van der Waals surface area (Å²) in [6.45, 7) is 12.3. The van der Waals surface area contributed by atoms with E-state index in [9.17, 15) is 103 Å². The van der Waals surface area contributed by atoms with Gasteiger partial charge in [-0.3, -0.25) is 62.3 Å². The number of aromatic amines is 1. The van der Waals surface area contributed by atoms with E-state index in [0.717, 1.165) is 6.92 Å². The van der Waals surface area contributed by atoms with Gasteiger partial charge < -0.3 is 124 Å². The van der Waals surface area contributed by atoms with Gasteiger partial charge in [-0.1, -0.05) is 101 Å². The first kappa shape index (κ1) is 96.0. The second kappa shape index (κ2) is 43.3. The third kappa shape index (κ3) is 25.8. The Morgan fingerprint density at radius 2 is 1.16 bits per heavy atom. The number of nitrogens with one attached hydrogen (secondary N) is 12. The molecule has 0 unspecified atom stereocenters. The largest absolute Gasteiger partial charge is 0.508 e. The number of carboxylic acids is 1. The fourth-order valence-corrected chi connectivity index (χ4v) is 14.2. The summed E-state index contributed by atoms with van der Waals surface area (Å²) in [4.78, 5) is 205. The lowest BCUT2D eigenvalue weighted by Gasteiger charge is -2.42. The number of nitrogens with two attached hydrogens (primary N) is 1. The Balaban J connectivity index is 0.873. The number of carboxylic acid groups (broad SMARTS) is 1. The van der Waals surface area contributed by atoms with Crippen molar-refractivity contribution in [3.8, 4) is 23.0 Å². The van der Waals surface area contributed by atoms with Gasteiger partial charge >= 0.3 is 5.97 Å². The summed E-state index contributed by atoms with van der Waals surface area (Å²) in [6, 6.07) is 6.02. The Morgan fingerprint density at radius 1 is 0.618 bits per heavy atom. The molecule has 40 heteroatoms. The van der Waals surface area contributed by atoms with Crippen LogP contribution < -0.4 is 69.0 Å². The van der Waals surface area contributed by atoms with Crippen molar-refractivity contribution in [2.24, 2.45) is 28.6 Å². The molecule has 21 N–H and O–H groups in total. The van der Waals surface area contributed by atoms with Crippen LogP contribution in [0, 0.1) is 17.8 Å². The number of rotatable bonds is 41. The van der Waals surface area contributed by atoms with Crippen molar-refractivity contribution >= 4 is 88.2 Å². The molecule has 4 aromatic carbocycles. The molecule has 11 amide bonds. The van der Waals surface area contributed by atoms with E-state index in [1.807, 2.05) is 0 Å². The van der Waals surface area contributed by atoms with Gasteiger partial charge in [0, 0.05) is 73.1 Å². The van der Waals surface area contributed by atoms with Crippen LogP contribution in [0.1, 0.15) is 161 Å². The normalized spacial score (nSPS) is 19.5. The molecule has 0 saturated carbocycles. The second-order valence-electron chi connectivity index (χ2n) is 31.8. The van der Waals surface area contributed by atoms with Gasteiger partial charge in [0.25, 0.3) is 5.91 Å². The van der Waals surface area contributed by atoms with Crippen molar-refractivity contribution in [1.29, 1.82) is 0 Å². The van der Waals surface area contributed by atoms with E-state index in [2.05, 4.69) is 73.6 Å². The lowest BCUT2D eigenvalue weighted by Crippen LogP contribution is -2.59. The molecule has 3 aliphatic rings. The van der Waals surface area contributed by atoms with Gasteiger partial charge in [0.15, 0.2) is 24.7 Å². The van der Waals surface area contributed by atoms with Crippen LogP contribution in [-0.4, -0.2) is 252 Å². The number of benzene rings is 4. The number of aliphatic carboxylic acids is 1. The van der Waals surface area contributed by atoms with E-state index in [0.29, 0.717) is 16.8 Å². The molecule has 0 radical (unpaired) electrons. The Labute approximate surface area is 707 Å². The van der Waals surface area contributed by atoms with Crippen LogP contribution in [0.25, 0.3) is 0 Å². The minimum Gasteiger partial charge on any atom is -0.508 e. The van der Waals surface area contributed by atoms with Crippen LogP contribution in [0.15, 0.2) is 90.5 Å². The van der Waals surface area contributed by atoms with Crippen molar-refractivity contribution in [2.45, 2.75) is 211 Å². The zero-order valence-corrected chi connectivity index (χ0v) is 69.8. The summed E-state index contributed by atoms with van der Waals surface area (Å²) in [5, 5.41) is 108. The van der Waals surface area contributed by atoms with Crippen molar-refractivity contribution in [2.75, 3.05) is 33.4 Å². The molecule has 2 aliphatic carbocycles. The molecule has 1 aromatic heterocycles. The number of hydrogen-bond donors (Lipinski definition) is 20. The SMILES string of the molecule is COc1cccc2c1C(=O)c1c(O)c3c(c(O)c1C2=O)C[C@@](O)(/C(C)=N/OCC(=O)NCC(=O)N[C@@H](Cc1ccccc1)C(=O)N[C@@H](CC(C)C)C(=O)NCC(=O)N[C@H](C(=O)N[C@@H](Cc1cnc[nH]1)C(=O)N[C@@H](CC(C)C)C(=O)NCC(=O)N[C@@H](Cc1ccc(O)cc1)C(=O)N[C@@H](C)C(=O)N[C@H](C(=O)O)[C@@H](C)O)C(C)C)C[C@@H]3O[C@H]1C[C@H](N)[C@H](O)[C@H](C)O1. The average molecular weight is 1720 g/mol. The number of aliphatic hydroxyl groups excluding tert-OH is 2. The third-order valence-corrected chi connectivity index (χ3v) is 20.8. The number of ether oxygens (including phenoxy) is 3. The molecule has 0 bridgehead atoms. The number of amides is 11. The molecule has 2 heterocycles. The van der Waals surface area contributed by atoms with Gasteiger partial charge in [-0.05, 0) is 87.6 Å². The molecular formula is C83H109N15O25. The van der Waals surface area contributed by atoms with Gasteiger partial charge in [-0.2, -0.15) is 0 Å². The van der Waals surface area contributed by atoms with Gasteiger partial charge in [-0.25, -0.2) is 9.78 Å². The molecule has 40 nitrogen and oxygen atoms in total. The number of nitrogens with zero attached hydrogens (tertiary/aromatic N) is 2. The number of carbonyl (C=O) groups excluding carboxylic acids is 13. The third-order valence-electron chi connectivity index (χ3n) is 20.8. The zero-order chi connectivity index (χ0) is 90.6. The highest BCUT2D eigenvalue weighted by molar-refractivity contribution is 6.31. The summed E-state index contributed by atoms with van der Waals surface area (Å²) in [5.74, 6) is -15.8. The predicted molar refractivity (Wildman–Crippen MR) is 436 cm³/mol. The van der Waals surface area contributed by atoms with Gasteiger partial charge in [0.05, 0.1) is 79.9 Å². The van der Waals surface area contributed by atoms with Crippen molar-refractivity contribution in [3.63, 3.8) is 0 Å². The van der Waals surface area contributed by atoms with Gasteiger partial charge in [-0.15, -0.1) is 0 Å². The monoisotopic (exact) mass is 1720 g/mol. The summed E-state index contributed by atoms with van der Waals surface area (Å²) in [6.07, 6.45) is -5.03. The first-order valence-electron chi connectivity index (χ1n) is 40.0. The van der Waals surface area contributed by atoms with Crippen molar-refractivity contribution in [3.05, 3.63) is 136 Å². The van der Waals surface area contributed by atoms with Crippen LogP contribution in [0.5, 0.6) is 23.0 Å².